The second-order valence-corrected chi connectivity index (χ2v) is 6.04. The fourth-order valence-corrected chi connectivity index (χ4v) is 1.77. The van der Waals surface area contributed by atoms with E-state index >= 15 is 0 Å². The van der Waals surface area contributed by atoms with Crippen LogP contribution in [-0.2, 0) is 11.2 Å². The molecule has 1 aromatic rings. The third-order valence-electron chi connectivity index (χ3n) is 2.54. The monoisotopic (exact) mass is 301 g/mol. The number of halogens is 2. The Kier molecular flexibility index (Phi) is 6.27. The fraction of sp³-hybridized carbons (Fsp3) is 0.533. The van der Waals surface area contributed by atoms with Gasteiger partial charge in [0.2, 0.25) is 0 Å². The number of hydrogen-bond donors (Lipinski definition) is 1. The number of alkyl carbamates (subject to hydrolysis) is 1. The van der Waals surface area contributed by atoms with Crippen molar-refractivity contribution >= 4 is 17.7 Å². The third kappa shape index (κ3) is 6.75. The lowest BCUT2D eigenvalue weighted by molar-refractivity contribution is 0.0527. The molecule has 1 rings (SSSR count). The molecule has 0 atom stereocenters. The second-order valence-electron chi connectivity index (χ2n) is 5.63. The molecule has 0 aliphatic carbocycles. The summed E-state index contributed by atoms with van der Waals surface area (Å²) in [6, 6.07) is 4.82. The van der Waals surface area contributed by atoms with Gasteiger partial charge in [-0.2, -0.15) is 0 Å². The van der Waals surface area contributed by atoms with Gasteiger partial charge in [-0.3, -0.25) is 0 Å². The van der Waals surface area contributed by atoms with E-state index in [0.29, 0.717) is 6.54 Å². The van der Waals surface area contributed by atoms with E-state index in [9.17, 15) is 9.18 Å². The van der Waals surface area contributed by atoms with E-state index in [-0.39, 0.29) is 5.02 Å². The lowest BCUT2D eigenvalue weighted by atomic mass is 10.1. The Bertz CT molecular complexity index is 458. The number of rotatable bonds is 5. The number of aryl methyl sites for hydroxylation is 1. The third-order valence-corrected chi connectivity index (χ3v) is 2.85. The molecule has 5 heteroatoms. The van der Waals surface area contributed by atoms with Crippen LogP contribution in [0.3, 0.4) is 0 Å². The van der Waals surface area contributed by atoms with E-state index in [1.165, 1.54) is 6.07 Å². The summed E-state index contributed by atoms with van der Waals surface area (Å²) in [5.74, 6) is -0.393. The summed E-state index contributed by atoms with van der Waals surface area (Å²) in [5.41, 5.74) is 0.425. The summed E-state index contributed by atoms with van der Waals surface area (Å²) < 4.78 is 18.3. The van der Waals surface area contributed by atoms with Gasteiger partial charge in [0.15, 0.2) is 0 Å². The van der Waals surface area contributed by atoms with Crippen LogP contribution in [-0.4, -0.2) is 18.2 Å². The Morgan fingerprint density at radius 2 is 2.05 bits per heavy atom. The Labute approximate surface area is 124 Å². The maximum absolute atomic E-state index is 13.2. The smallest absolute Gasteiger partial charge is 0.407 e. The molecule has 3 nitrogen and oxygen atoms in total. The minimum absolute atomic E-state index is 0.139. The molecule has 1 amide bonds. The van der Waals surface area contributed by atoms with Crippen LogP contribution in [0.4, 0.5) is 9.18 Å². The number of carbonyl (C=O) groups excluding carboxylic acids is 1. The van der Waals surface area contributed by atoms with Gasteiger partial charge in [0.05, 0.1) is 5.02 Å². The summed E-state index contributed by atoms with van der Waals surface area (Å²) in [4.78, 5) is 11.4. The quantitative estimate of drug-likeness (QED) is 0.822. The van der Waals surface area contributed by atoms with Gasteiger partial charge in [-0.05, 0) is 57.7 Å². The molecule has 0 aromatic heterocycles. The molecule has 1 aromatic carbocycles. The molecule has 0 unspecified atom stereocenters. The molecule has 112 valence electrons. The van der Waals surface area contributed by atoms with Gasteiger partial charge in [0, 0.05) is 6.54 Å². The minimum Gasteiger partial charge on any atom is -0.444 e. The van der Waals surface area contributed by atoms with Crippen molar-refractivity contribution in [3.63, 3.8) is 0 Å². The summed E-state index contributed by atoms with van der Waals surface area (Å²) >= 11 is 5.62. The van der Waals surface area contributed by atoms with Gasteiger partial charge < -0.3 is 10.1 Å². The lowest BCUT2D eigenvalue weighted by Crippen LogP contribution is -2.33. The molecule has 1 N–H and O–H groups in total. The number of ether oxygens (including phenoxy) is 1. The first-order valence-corrected chi connectivity index (χ1v) is 7.06. The zero-order valence-electron chi connectivity index (χ0n) is 12.1. The topological polar surface area (TPSA) is 38.3 Å². The van der Waals surface area contributed by atoms with Crippen LogP contribution in [0.2, 0.25) is 5.02 Å². The summed E-state index contributed by atoms with van der Waals surface area (Å²) in [6.07, 6.45) is 2.01. The molecule has 0 aliphatic rings. The summed E-state index contributed by atoms with van der Waals surface area (Å²) in [5, 5.41) is 2.83. The van der Waals surface area contributed by atoms with Gasteiger partial charge in [-0.25, -0.2) is 9.18 Å². The van der Waals surface area contributed by atoms with Gasteiger partial charge in [0.25, 0.3) is 0 Å². The minimum atomic E-state index is -0.481. The molecular weight excluding hydrogens is 281 g/mol. The van der Waals surface area contributed by atoms with Crippen molar-refractivity contribution in [1.82, 2.24) is 5.32 Å². The van der Waals surface area contributed by atoms with Crippen molar-refractivity contribution < 1.29 is 13.9 Å². The number of nitrogens with one attached hydrogen (secondary N) is 1. The standard InChI is InChI=1S/C15H21ClFNO2/c1-15(2,3)20-14(19)18-9-5-4-6-11-7-8-12(16)13(17)10-11/h7-8,10H,4-6,9H2,1-3H3,(H,18,19). The average Bonchev–Trinajstić information content (AvgIpc) is 2.31. The number of benzene rings is 1. The van der Waals surface area contributed by atoms with E-state index < -0.39 is 17.5 Å². The summed E-state index contributed by atoms with van der Waals surface area (Å²) in [6.45, 7) is 6.01. The highest BCUT2D eigenvalue weighted by molar-refractivity contribution is 6.30. The highest BCUT2D eigenvalue weighted by Gasteiger charge is 2.15. The first kappa shape index (κ1) is 16.8. The van der Waals surface area contributed by atoms with Crippen molar-refractivity contribution in [1.29, 1.82) is 0 Å². The zero-order chi connectivity index (χ0) is 15.2. The average molecular weight is 302 g/mol. The van der Waals surface area contributed by atoms with Gasteiger partial charge in [-0.1, -0.05) is 17.7 Å². The first-order chi connectivity index (χ1) is 9.28. The highest BCUT2D eigenvalue weighted by Crippen LogP contribution is 2.16. The van der Waals surface area contributed by atoms with Gasteiger partial charge in [-0.15, -0.1) is 0 Å². The van der Waals surface area contributed by atoms with Gasteiger partial charge in [0.1, 0.15) is 11.4 Å². The van der Waals surface area contributed by atoms with Crippen LogP contribution in [0.1, 0.15) is 39.2 Å². The molecule has 0 saturated heterocycles. The van der Waals surface area contributed by atoms with Crippen LogP contribution in [0, 0.1) is 5.82 Å². The van der Waals surface area contributed by atoms with Crippen LogP contribution in [0.5, 0.6) is 0 Å². The maximum Gasteiger partial charge on any atom is 0.407 e. The van der Waals surface area contributed by atoms with Crippen molar-refractivity contribution in [2.24, 2.45) is 0 Å². The van der Waals surface area contributed by atoms with E-state index in [0.717, 1.165) is 24.8 Å². The molecule has 0 spiro atoms. The van der Waals surface area contributed by atoms with E-state index in [2.05, 4.69) is 5.32 Å². The molecule has 0 heterocycles. The van der Waals surface area contributed by atoms with Crippen LogP contribution in [0.25, 0.3) is 0 Å². The highest BCUT2D eigenvalue weighted by atomic mass is 35.5. The van der Waals surface area contributed by atoms with Gasteiger partial charge >= 0.3 is 6.09 Å². The zero-order valence-corrected chi connectivity index (χ0v) is 12.9. The normalized spacial score (nSPS) is 11.2. The van der Waals surface area contributed by atoms with E-state index in [4.69, 9.17) is 16.3 Å². The van der Waals surface area contributed by atoms with Crippen molar-refractivity contribution in [2.75, 3.05) is 6.54 Å². The predicted molar refractivity (Wildman–Crippen MR) is 78.6 cm³/mol. The maximum atomic E-state index is 13.2. The fourth-order valence-electron chi connectivity index (χ4n) is 1.65. The van der Waals surface area contributed by atoms with Crippen molar-refractivity contribution in [3.8, 4) is 0 Å². The van der Waals surface area contributed by atoms with Crippen molar-refractivity contribution in [2.45, 2.75) is 45.6 Å². The Morgan fingerprint density at radius 3 is 2.65 bits per heavy atom. The molecule has 20 heavy (non-hydrogen) atoms. The molecule has 0 saturated carbocycles. The first-order valence-electron chi connectivity index (χ1n) is 6.69. The van der Waals surface area contributed by atoms with E-state index in [1.54, 1.807) is 6.07 Å². The molecular formula is C15H21ClFNO2. The molecule has 0 bridgehead atoms. The Hall–Kier alpha value is -1.29. The van der Waals surface area contributed by atoms with Crippen molar-refractivity contribution in [3.05, 3.63) is 34.6 Å². The lowest BCUT2D eigenvalue weighted by Gasteiger charge is -2.19. The molecule has 0 fully saturated rings. The van der Waals surface area contributed by atoms with Crippen LogP contribution in [0.15, 0.2) is 18.2 Å². The Balaban J connectivity index is 2.19. The van der Waals surface area contributed by atoms with Crippen LogP contribution >= 0.6 is 11.6 Å². The largest absolute Gasteiger partial charge is 0.444 e. The Morgan fingerprint density at radius 1 is 1.35 bits per heavy atom. The number of amides is 1. The SMILES string of the molecule is CC(C)(C)OC(=O)NCCCCc1ccc(Cl)c(F)c1. The number of unbranched alkanes of at least 4 members (excludes halogenated alkanes) is 1. The number of hydrogen-bond acceptors (Lipinski definition) is 2. The predicted octanol–water partition coefficient (Wildman–Crippen LogP) is 4.33. The second kappa shape index (κ2) is 7.48. The van der Waals surface area contributed by atoms with E-state index in [1.807, 2.05) is 26.8 Å². The summed E-state index contributed by atoms with van der Waals surface area (Å²) in [7, 11) is 0. The van der Waals surface area contributed by atoms with Crippen LogP contribution < -0.4 is 5.32 Å². The molecule has 0 radical (unpaired) electrons. The molecule has 0 aliphatic heterocycles. The number of carbonyl (C=O) groups is 1.